The molecule has 4 aromatic carbocycles. The van der Waals surface area contributed by atoms with E-state index in [2.05, 4.69) is 59.2 Å². The van der Waals surface area contributed by atoms with Crippen LogP contribution in [0.5, 0.6) is 0 Å². The van der Waals surface area contributed by atoms with Crippen molar-refractivity contribution in [3.63, 3.8) is 0 Å². The van der Waals surface area contributed by atoms with Crippen molar-refractivity contribution in [3.05, 3.63) is 119 Å². The van der Waals surface area contributed by atoms with Gasteiger partial charge in [-0.2, -0.15) is 0 Å². The van der Waals surface area contributed by atoms with E-state index in [0.29, 0.717) is 25.8 Å². The number of nitrogens with one attached hydrogen (secondary N) is 2. The van der Waals surface area contributed by atoms with E-state index >= 15 is 0 Å². The van der Waals surface area contributed by atoms with E-state index in [4.69, 9.17) is 9.47 Å². The number of benzene rings is 4. The molecule has 2 amide bonds. The molecule has 43 heavy (non-hydrogen) atoms. The standard InChI is InChI=1S/C36H34N2O5/c39-21-24(38-36(41)43-23-34-31-18-7-3-14-27(31)28-15-4-8-19-32(28)34)11-9-10-20-37-35(40)42-22-33-29-16-5-1-12-25(29)26-13-2-6-17-30(26)33/h1-8,12-19,21,24,33-34H,9-11,20,22-23H2,(H,37,40)(H,38,41). The maximum Gasteiger partial charge on any atom is 0.407 e. The van der Waals surface area contributed by atoms with Crippen LogP contribution in [-0.4, -0.2) is 44.3 Å². The molecule has 7 heteroatoms. The van der Waals surface area contributed by atoms with Gasteiger partial charge in [0.25, 0.3) is 0 Å². The van der Waals surface area contributed by atoms with Crippen molar-refractivity contribution in [2.24, 2.45) is 0 Å². The third kappa shape index (κ3) is 6.02. The lowest BCUT2D eigenvalue weighted by Gasteiger charge is -2.17. The predicted octanol–water partition coefficient (Wildman–Crippen LogP) is 6.80. The Morgan fingerprint density at radius 2 is 1.05 bits per heavy atom. The molecule has 4 aromatic rings. The van der Waals surface area contributed by atoms with Crippen molar-refractivity contribution in [2.75, 3.05) is 19.8 Å². The molecule has 0 spiro atoms. The molecule has 0 saturated carbocycles. The molecular formula is C36H34N2O5. The van der Waals surface area contributed by atoms with Crippen molar-refractivity contribution in [3.8, 4) is 22.3 Å². The maximum absolute atomic E-state index is 12.5. The summed E-state index contributed by atoms with van der Waals surface area (Å²) in [7, 11) is 0. The van der Waals surface area contributed by atoms with Crippen molar-refractivity contribution in [2.45, 2.75) is 37.1 Å². The van der Waals surface area contributed by atoms with Crippen molar-refractivity contribution in [1.82, 2.24) is 10.6 Å². The van der Waals surface area contributed by atoms with Crippen LogP contribution < -0.4 is 10.6 Å². The Morgan fingerprint density at radius 3 is 1.49 bits per heavy atom. The number of aldehydes is 1. The zero-order valence-electron chi connectivity index (χ0n) is 23.8. The van der Waals surface area contributed by atoms with Crippen LogP contribution in [0, 0.1) is 0 Å². The Bertz CT molecular complexity index is 1540. The van der Waals surface area contributed by atoms with E-state index in [9.17, 15) is 14.4 Å². The summed E-state index contributed by atoms with van der Waals surface area (Å²) in [5.41, 5.74) is 9.28. The zero-order valence-corrected chi connectivity index (χ0v) is 23.8. The minimum Gasteiger partial charge on any atom is -0.449 e. The molecule has 7 nitrogen and oxygen atoms in total. The van der Waals surface area contributed by atoms with Crippen LogP contribution >= 0.6 is 0 Å². The quantitative estimate of drug-likeness (QED) is 0.152. The van der Waals surface area contributed by atoms with Crippen LogP contribution in [0.1, 0.15) is 53.4 Å². The van der Waals surface area contributed by atoms with Gasteiger partial charge >= 0.3 is 12.2 Å². The predicted molar refractivity (Wildman–Crippen MR) is 165 cm³/mol. The Balaban J connectivity index is 0.906. The number of fused-ring (bicyclic) bond motifs is 6. The average molecular weight is 575 g/mol. The first-order chi connectivity index (χ1) is 21.1. The topological polar surface area (TPSA) is 93.7 Å². The fourth-order valence-corrected chi connectivity index (χ4v) is 6.29. The van der Waals surface area contributed by atoms with E-state index in [1.165, 1.54) is 22.3 Å². The molecule has 2 aliphatic carbocycles. The van der Waals surface area contributed by atoms with Crippen LogP contribution in [0.3, 0.4) is 0 Å². The van der Waals surface area contributed by atoms with Crippen LogP contribution in [0.2, 0.25) is 0 Å². The minimum absolute atomic E-state index is 0.00971. The third-order valence-electron chi connectivity index (χ3n) is 8.37. The third-order valence-corrected chi connectivity index (χ3v) is 8.37. The summed E-state index contributed by atoms with van der Waals surface area (Å²) in [4.78, 5) is 36.6. The van der Waals surface area contributed by atoms with Gasteiger partial charge in [0.15, 0.2) is 0 Å². The number of amides is 2. The lowest BCUT2D eigenvalue weighted by atomic mass is 9.98. The van der Waals surface area contributed by atoms with Gasteiger partial charge in [-0.05, 0) is 63.8 Å². The maximum atomic E-state index is 12.5. The van der Waals surface area contributed by atoms with Gasteiger partial charge < -0.3 is 24.9 Å². The van der Waals surface area contributed by atoms with Gasteiger partial charge in [-0.25, -0.2) is 9.59 Å². The fraction of sp³-hybridized carbons (Fsp3) is 0.250. The van der Waals surface area contributed by atoms with Gasteiger partial charge in [0.1, 0.15) is 19.5 Å². The summed E-state index contributed by atoms with van der Waals surface area (Å²) in [5, 5.41) is 5.46. The van der Waals surface area contributed by atoms with Crippen LogP contribution in [-0.2, 0) is 14.3 Å². The number of alkyl carbamates (subject to hydrolysis) is 2. The van der Waals surface area contributed by atoms with Gasteiger partial charge in [0.05, 0.1) is 6.04 Å². The Hall–Kier alpha value is -4.91. The molecule has 0 radical (unpaired) electrons. The second-order valence-electron chi connectivity index (χ2n) is 11.0. The van der Waals surface area contributed by atoms with E-state index in [-0.39, 0.29) is 25.0 Å². The first-order valence-electron chi connectivity index (χ1n) is 14.8. The molecule has 218 valence electrons. The second-order valence-corrected chi connectivity index (χ2v) is 11.0. The number of hydrogen-bond donors (Lipinski definition) is 2. The highest BCUT2D eigenvalue weighted by molar-refractivity contribution is 5.80. The highest BCUT2D eigenvalue weighted by Crippen LogP contribution is 2.45. The summed E-state index contributed by atoms with van der Waals surface area (Å²) in [6.07, 6.45) is 1.36. The number of carbonyl (C=O) groups excluding carboxylic acids is 3. The lowest BCUT2D eigenvalue weighted by Crippen LogP contribution is -2.37. The molecule has 2 aliphatic rings. The number of unbranched alkanes of at least 4 members (excludes halogenated alkanes) is 1. The van der Waals surface area contributed by atoms with Crippen molar-refractivity contribution in [1.29, 1.82) is 0 Å². The lowest BCUT2D eigenvalue weighted by molar-refractivity contribution is -0.109. The molecular weight excluding hydrogens is 540 g/mol. The Kier molecular flexibility index (Phi) is 8.50. The molecule has 6 rings (SSSR count). The summed E-state index contributed by atoms with van der Waals surface area (Å²) in [6, 6.07) is 32.0. The molecule has 1 unspecified atom stereocenters. The van der Waals surface area contributed by atoms with E-state index in [0.717, 1.165) is 28.5 Å². The Morgan fingerprint density at radius 1 is 0.628 bits per heavy atom. The molecule has 2 N–H and O–H groups in total. The van der Waals surface area contributed by atoms with Crippen LogP contribution in [0.4, 0.5) is 9.59 Å². The minimum atomic E-state index is -0.662. The SMILES string of the molecule is O=CC(CCCCNC(=O)OCC1c2ccccc2-c2ccccc21)NC(=O)OCC1c2ccccc2-c2ccccc21. The molecule has 0 aliphatic heterocycles. The fourth-order valence-electron chi connectivity index (χ4n) is 6.29. The Labute approximate surface area is 251 Å². The number of ether oxygens (including phenoxy) is 2. The summed E-state index contributed by atoms with van der Waals surface area (Å²) in [6.45, 7) is 0.861. The van der Waals surface area contributed by atoms with Crippen molar-refractivity contribution >= 4 is 18.5 Å². The zero-order chi connectivity index (χ0) is 29.6. The largest absolute Gasteiger partial charge is 0.449 e. The van der Waals surface area contributed by atoms with Gasteiger partial charge in [-0.1, -0.05) is 97.1 Å². The van der Waals surface area contributed by atoms with Crippen LogP contribution in [0.15, 0.2) is 97.1 Å². The number of rotatable bonds is 11. The average Bonchev–Trinajstić information content (AvgIpc) is 3.54. The van der Waals surface area contributed by atoms with E-state index < -0.39 is 18.2 Å². The van der Waals surface area contributed by atoms with Crippen molar-refractivity contribution < 1.29 is 23.9 Å². The highest BCUT2D eigenvalue weighted by atomic mass is 16.6. The van der Waals surface area contributed by atoms with Gasteiger partial charge in [0.2, 0.25) is 0 Å². The first-order valence-corrected chi connectivity index (χ1v) is 14.8. The van der Waals surface area contributed by atoms with Gasteiger partial charge in [-0.15, -0.1) is 0 Å². The number of hydrogen-bond acceptors (Lipinski definition) is 5. The highest BCUT2D eigenvalue weighted by Gasteiger charge is 2.30. The van der Waals surface area contributed by atoms with Gasteiger partial charge in [-0.3, -0.25) is 0 Å². The smallest absolute Gasteiger partial charge is 0.407 e. The molecule has 0 bridgehead atoms. The van der Waals surface area contributed by atoms with Crippen LogP contribution in [0.25, 0.3) is 22.3 Å². The summed E-state index contributed by atoms with van der Waals surface area (Å²) >= 11 is 0. The normalized spacial score (nSPS) is 13.7. The second kappa shape index (κ2) is 12.9. The number of carbonyl (C=O) groups is 3. The molecule has 0 fully saturated rings. The van der Waals surface area contributed by atoms with E-state index in [1.54, 1.807) is 0 Å². The monoisotopic (exact) mass is 574 g/mol. The van der Waals surface area contributed by atoms with Gasteiger partial charge in [0, 0.05) is 18.4 Å². The molecule has 0 aromatic heterocycles. The summed E-state index contributed by atoms with van der Waals surface area (Å²) in [5.74, 6) is -0.0349. The molecule has 0 heterocycles. The first kappa shape index (κ1) is 28.2. The summed E-state index contributed by atoms with van der Waals surface area (Å²) < 4.78 is 11.1. The molecule has 0 saturated heterocycles. The molecule has 1 atom stereocenters. The van der Waals surface area contributed by atoms with E-state index in [1.807, 2.05) is 48.5 Å².